The van der Waals surface area contributed by atoms with Crippen molar-refractivity contribution in [3.05, 3.63) is 42.5 Å². The van der Waals surface area contributed by atoms with Crippen molar-refractivity contribution in [2.24, 2.45) is 0 Å². The summed E-state index contributed by atoms with van der Waals surface area (Å²) in [7, 11) is 0. The molecule has 142 valence electrons. The van der Waals surface area contributed by atoms with E-state index in [2.05, 4.69) is 20.3 Å². The zero-order chi connectivity index (χ0) is 16.4. The lowest BCUT2D eigenvalue weighted by Gasteiger charge is -2.32. The largest absolute Gasteiger partial charge is 0.336 e. The van der Waals surface area contributed by atoms with E-state index in [0.717, 1.165) is 51.4 Å². The maximum Gasteiger partial charge on any atom is 0.272 e. The Hall–Kier alpha value is -1.67. The Labute approximate surface area is 165 Å². The molecule has 4 rings (SSSR count). The van der Waals surface area contributed by atoms with Crippen molar-refractivity contribution in [3.8, 4) is 5.69 Å². The monoisotopic (exact) mass is 398 g/mol. The number of carbonyl (C=O) groups is 1. The standard InChI is InChI=1S/C17H22N6O.2ClH/c24-17(16-12-14(2-5-19-16)23-8-1-4-20-23)22-9-3-15(13-22)21-10-6-18-7-11-21;;/h1-2,4-5,8,12,15,18H,3,6-7,9-11,13H2;2*1H. The van der Waals surface area contributed by atoms with Gasteiger partial charge in [0.2, 0.25) is 0 Å². The molecule has 0 radical (unpaired) electrons. The lowest BCUT2D eigenvalue weighted by Crippen LogP contribution is -2.49. The van der Waals surface area contributed by atoms with Gasteiger partial charge in [-0.15, -0.1) is 24.8 Å². The first-order chi connectivity index (χ1) is 11.8. The summed E-state index contributed by atoms with van der Waals surface area (Å²) < 4.78 is 1.74. The first-order valence-electron chi connectivity index (χ1n) is 8.51. The molecule has 0 spiro atoms. The van der Waals surface area contributed by atoms with Gasteiger partial charge in [0.25, 0.3) is 5.91 Å². The second-order valence-corrected chi connectivity index (χ2v) is 6.33. The lowest BCUT2D eigenvalue weighted by atomic mass is 10.2. The molecule has 9 heteroatoms. The van der Waals surface area contributed by atoms with Gasteiger partial charge in [-0.25, -0.2) is 4.68 Å². The number of amides is 1. The van der Waals surface area contributed by atoms with E-state index in [-0.39, 0.29) is 30.7 Å². The molecule has 2 aliphatic heterocycles. The molecule has 2 aromatic heterocycles. The molecule has 1 amide bonds. The van der Waals surface area contributed by atoms with Gasteiger partial charge in [-0.1, -0.05) is 0 Å². The van der Waals surface area contributed by atoms with E-state index in [1.54, 1.807) is 17.1 Å². The quantitative estimate of drug-likeness (QED) is 0.841. The molecule has 2 aromatic rings. The summed E-state index contributed by atoms with van der Waals surface area (Å²) in [5, 5.41) is 7.59. The van der Waals surface area contributed by atoms with E-state index in [4.69, 9.17) is 0 Å². The van der Waals surface area contributed by atoms with Gasteiger partial charge < -0.3 is 10.2 Å². The summed E-state index contributed by atoms with van der Waals surface area (Å²) >= 11 is 0. The maximum absolute atomic E-state index is 12.8. The topological polar surface area (TPSA) is 66.3 Å². The summed E-state index contributed by atoms with van der Waals surface area (Å²) in [5.74, 6) is 0.0154. The third kappa shape index (κ3) is 4.35. The van der Waals surface area contributed by atoms with Crippen LogP contribution in [0.15, 0.2) is 36.8 Å². The van der Waals surface area contributed by atoms with Crippen LogP contribution < -0.4 is 5.32 Å². The van der Waals surface area contributed by atoms with Crippen LogP contribution in [0.25, 0.3) is 5.69 Å². The van der Waals surface area contributed by atoms with E-state index >= 15 is 0 Å². The minimum atomic E-state index is 0. The molecule has 7 nitrogen and oxygen atoms in total. The van der Waals surface area contributed by atoms with Gasteiger partial charge in [-0.3, -0.25) is 14.7 Å². The molecule has 4 heterocycles. The van der Waals surface area contributed by atoms with E-state index in [9.17, 15) is 4.79 Å². The number of halogens is 2. The molecule has 1 N–H and O–H groups in total. The smallest absolute Gasteiger partial charge is 0.272 e. The van der Waals surface area contributed by atoms with Crippen LogP contribution >= 0.6 is 24.8 Å². The van der Waals surface area contributed by atoms with Gasteiger partial charge in [0.1, 0.15) is 5.69 Å². The second kappa shape index (κ2) is 9.32. The number of nitrogens with zero attached hydrogens (tertiary/aromatic N) is 5. The van der Waals surface area contributed by atoms with Gasteiger partial charge in [-0.05, 0) is 24.6 Å². The summed E-state index contributed by atoms with van der Waals surface area (Å²) in [6.45, 7) is 5.82. The molecule has 0 saturated carbocycles. The Morgan fingerprint density at radius 1 is 1.15 bits per heavy atom. The predicted octanol–water partition coefficient (Wildman–Crippen LogP) is 1.23. The highest BCUT2D eigenvalue weighted by Gasteiger charge is 2.31. The molecule has 1 atom stereocenters. The number of rotatable bonds is 3. The molecular formula is C17H24Cl2N6O. The van der Waals surface area contributed by atoms with Crippen LogP contribution in [0, 0.1) is 0 Å². The van der Waals surface area contributed by atoms with Gasteiger partial charge in [0, 0.05) is 63.9 Å². The fraction of sp³-hybridized carbons (Fsp3) is 0.471. The highest BCUT2D eigenvalue weighted by atomic mass is 35.5. The number of nitrogens with one attached hydrogen (secondary N) is 1. The zero-order valence-electron chi connectivity index (χ0n) is 14.5. The molecule has 1 unspecified atom stereocenters. The van der Waals surface area contributed by atoms with Crippen LogP contribution in [0.5, 0.6) is 0 Å². The van der Waals surface area contributed by atoms with E-state index < -0.39 is 0 Å². The Kier molecular flexibility index (Phi) is 7.40. The Morgan fingerprint density at radius 3 is 2.69 bits per heavy atom. The van der Waals surface area contributed by atoms with Crippen LogP contribution in [-0.2, 0) is 0 Å². The Morgan fingerprint density at radius 2 is 1.96 bits per heavy atom. The SMILES string of the molecule is Cl.Cl.O=C(c1cc(-n2cccn2)ccn1)N1CCC(N2CCNCC2)C1. The summed E-state index contributed by atoms with van der Waals surface area (Å²) in [4.78, 5) is 21.5. The van der Waals surface area contributed by atoms with Crippen LogP contribution in [-0.4, -0.2) is 75.8 Å². The fourth-order valence-corrected chi connectivity index (χ4v) is 3.53. The van der Waals surface area contributed by atoms with Crippen LogP contribution in [0.2, 0.25) is 0 Å². The average molecular weight is 399 g/mol. The van der Waals surface area contributed by atoms with Crippen molar-refractivity contribution >= 4 is 30.7 Å². The van der Waals surface area contributed by atoms with E-state index in [1.165, 1.54) is 0 Å². The predicted molar refractivity (Wildman–Crippen MR) is 105 cm³/mol. The maximum atomic E-state index is 12.8. The van der Waals surface area contributed by atoms with E-state index in [1.807, 2.05) is 29.3 Å². The molecule has 2 fully saturated rings. The molecule has 0 aliphatic carbocycles. The average Bonchev–Trinajstić information content (AvgIpc) is 3.34. The molecular weight excluding hydrogens is 375 g/mol. The fourth-order valence-electron chi connectivity index (χ4n) is 3.53. The van der Waals surface area contributed by atoms with Crippen molar-refractivity contribution in [1.29, 1.82) is 0 Å². The minimum Gasteiger partial charge on any atom is -0.336 e. The van der Waals surface area contributed by atoms with Crippen molar-refractivity contribution < 1.29 is 4.79 Å². The number of hydrogen-bond donors (Lipinski definition) is 1. The van der Waals surface area contributed by atoms with Gasteiger partial charge in [0.05, 0.1) is 5.69 Å². The number of carbonyl (C=O) groups excluding carboxylic acids is 1. The normalized spacial score (nSPS) is 20.3. The van der Waals surface area contributed by atoms with Crippen molar-refractivity contribution in [2.45, 2.75) is 12.5 Å². The highest BCUT2D eigenvalue weighted by Crippen LogP contribution is 2.19. The first kappa shape index (κ1) is 20.6. The number of likely N-dealkylation sites (tertiary alicyclic amines) is 1. The first-order valence-corrected chi connectivity index (χ1v) is 8.51. The summed E-state index contributed by atoms with van der Waals surface area (Å²) in [6, 6.07) is 6.01. The van der Waals surface area contributed by atoms with Gasteiger partial charge in [-0.2, -0.15) is 5.10 Å². The number of aromatic nitrogens is 3. The molecule has 26 heavy (non-hydrogen) atoms. The van der Waals surface area contributed by atoms with Gasteiger partial charge in [0.15, 0.2) is 0 Å². The minimum absolute atomic E-state index is 0. The van der Waals surface area contributed by atoms with Crippen molar-refractivity contribution in [3.63, 3.8) is 0 Å². The third-order valence-corrected chi connectivity index (χ3v) is 4.85. The number of pyridine rings is 1. The van der Waals surface area contributed by atoms with Crippen molar-refractivity contribution in [1.82, 2.24) is 29.9 Å². The van der Waals surface area contributed by atoms with Crippen LogP contribution in [0.4, 0.5) is 0 Å². The molecule has 2 saturated heterocycles. The molecule has 0 bridgehead atoms. The van der Waals surface area contributed by atoms with Crippen LogP contribution in [0.1, 0.15) is 16.9 Å². The zero-order valence-corrected chi connectivity index (χ0v) is 16.1. The summed E-state index contributed by atoms with van der Waals surface area (Å²) in [5.41, 5.74) is 1.35. The van der Waals surface area contributed by atoms with E-state index in [0.29, 0.717) is 11.7 Å². The number of piperazine rings is 1. The second-order valence-electron chi connectivity index (χ2n) is 6.33. The Bertz CT molecular complexity index is 705. The third-order valence-electron chi connectivity index (χ3n) is 4.85. The molecule has 0 aromatic carbocycles. The molecule has 2 aliphatic rings. The van der Waals surface area contributed by atoms with Crippen LogP contribution in [0.3, 0.4) is 0 Å². The Balaban J connectivity index is 0.00000121. The highest BCUT2D eigenvalue weighted by molar-refractivity contribution is 5.93. The van der Waals surface area contributed by atoms with Gasteiger partial charge >= 0.3 is 0 Å². The number of hydrogen-bond acceptors (Lipinski definition) is 5. The van der Waals surface area contributed by atoms with Crippen molar-refractivity contribution in [2.75, 3.05) is 39.3 Å². The summed E-state index contributed by atoms with van der Waals surface area (Å²) in [6.07, 6.45) is 6.30. The lowest BCUT2D eigenvalue weighted by molar-refractivity contribution is 0.0767.